The fraction of sp³-hybridized carbons (Fsp3) is 0.130. The molecule has 6 heteroatoms. The molecule has 0 fully saturated rings. The number of methoxy groups -OCH3 is 1. The number of carbonyl (C=O) groups is 1. The second-order valence-electron chi connectivity index (χ2n) is 6.74. The summed E-state index contributed by atoms with van der Waals surface area (Å²) in [7, 11) is 1.63. The van der Waals surface area contributed by atoms with Gasteiger partial charge in [0.2, 0.25) is 0 Å². The lowest BCUT2D eigenvalue weighted by Gasteiger charge is -2.08. The highest BCUT2D eigenvalue weighted by Gasteiger charge is 2.10. The smallest absolute Gasteiger partial charge is 0.251 e. The van der Waals surface area contributed by atoms with Crippen molar-refractivity contribution in [1.29, 1.82) is 0 Å². The molecule has 0 spiro atoms. The molecule has 29 heavy (non-hydrogen) atoms. The van der Waals surface area contributed by atoms with Gasteiger partial charge in [-0.05, 0) is 47.5 Å². The van der Waals surface area contributed by atoms with Crippen LogP contribution >= 0.6 is 11.6 Å². The van der Waals surface area contributed by atoms with Gasteiger partial charge in [0.25, 0.3) is 5.91 Å². The predicted molar refractivity (Wildman–Crippen MR) is 114 cm³/mol. The molecule has 0 radical (unpaired) electrons. The number of hydrogen-bond donors (Lipinski definition) is 1. The van der Waals surface area contributed by atoms with E-state index in [9.17, 15) is 4.79 Å². The van der Waals surface area contributed by atoms with Crippen molar-refractivity contribution in [3.8, 4) is 5.75 Å². The summed E-state index contributed by atoms with van der Waals surface area (Å²) < 4.78 is 7.03. The van der Waals surface area contributed by atoms with Crippen LogP contribution in [0.3, 0.4) is 0 Å². The first-order valence-electron chi connectivity index (χ1n) is 9.23. The van der Waals surface area contributed by atoms with Crippen molar-refractivity contribution in [3.05, 3.63) is 94.6 Å². The van der Waals surface area contributed by atoms with Crippen LogP contribution in [0.1, 0.15) is 21.5 Å². The number of nitrogens with one attached hydrogen (secondary N) is 1. The number of carbonyl (C=O) groups excluding carboxylic acids is 1. The Morgan fingerprint density at radius 1 is 1.07 bits per heavy atom. The van der Waals surface area contributed by atoms with Crippen LogP contribution in [0.5, 0.6) is 5.75 Å². The van der Waals surface area contributed by atoms with Crippen LogP contribution in [-0.2, 0) is 13.1 Å². The van der Waals surface area contributed by atoms with Crippen molar-refractivity contribution in [1.82, 2.24) is 15.1 Å². The van der Waals surface area contributed by atoms with Crippen LogP contribution in [0.4, 0.5) is 0 Å². The van der Waals surface area contributed by atoms with Crippen molar-refractivity contribution in [2.24, 2.45) is 0 Å². The van der Waals surface area contributed by atoms with Crippen LogP contribution in [0, 0.1) is 0 Å². The SMILES string of the molecule is COc1ccc(CNC(=O)c2ccc3cnn(Cc4cccc(Cl)c4)c3c2)cc1. The summed E-state index contributed by atoms with van der Waals surface area (Å²) in [5, 5.41) is 9.10. The van der Waals surface area contributed by atoms with E-state index in [4.69, 9.17) is 16.3 Å². The van der Waals surface area contributed by atoms with E-state index >= 15 is 0 Å². The first kappa shape index (κ1) is 19.0. The Morgan fingerprint density at radius 2 is 1.90 bits per heavy atom. The van der Waals surface area contributed by atoms with Gasteiger partial charge in [-0.15, -0.1) is 0 Å². The zero-order chi connectivity index (χ0) is 20.2. The maximum Gasteiger partial charge on any atom is 0.251 e. The second-order valence-corrected chi connectivity index (χ2v) is 7.17. The monoisotopic (exact) mass is 405 g/mol. The number of nitrogens with zero attached hydrogens (tertiary/aromatic N) is 2. The molecular formula is C23H20ClN3O2. The molecule has 0 bridgehead atoms. The van der Waals surface area contributed by atoms with Gasteiger partial charge in [-0.3, -0.25) is 9.48 Å². The molecule has 1 aromatic heterocycles. The number of rotatable bonds is 6. The van der Waals surface area contributed by atoms with Gasteiger partial charge >= 0.3 is 0 Å². The number of fused-ring (bicyclic) bond motifs is 1. The van der Waals surface area contributed by atoms with Crippen LogP contribution in [0.15, 0.2) is 72.9 Å². The maximum atomic E-state index is 12.6. The third-order valence-electron chi connectivity index (χ3n) is 4.74. The maximum absolute atomic E-state index is 12.6. The standard InChI is InChI=1S/C23H20ClN3O2/c1-29-21-9-5-16(6-10-21)13-25-23(28)18-7-8-19-14-26-27(22(19)12-18)15-17-3-2-4-20(24)11-17/h2-12,14H,13,15H2,1H3,(H,25,28). The fourth-order valence-electron chi connectivity index (χ4n) is 3.17. The lowest BCUT2D eigenvalue weighted by Crippen LogP contribution is -2.22. The molecule has 0 saturated heterocycles. The van der Waals surface area contributed by atoms with Crippen LogP contribution in [-0.4, -0.2) is 22.8 Å². The van der Waals surface area contributed by atoms with Crippen LogP contribution in [0.2, 0.25) is 5.02 Å². The Morgan fingerprint density at radius 3 is 2.66 bits per heavy atom. The highest BCUT2D eigenvalue weighted by atomic mass is 35.5. The number of benzene rings is 3. The summed E-state index contributed by atoms with van der Waals surface area (Å²) in [6.45, 7) is 1.03. The Balaban J connectivity index is 1.50. The first-order chi connectivity index (χ1) is 14.1. The van der Waals surface area contributed by atoms with E-state index in [1.165, 1.54) is 0 Å². The molecule has 0 unspecified atom stereocenters. The number of hydrogen-bond acceptors (Lipinski definition) is 3. The minimum Gasteiger partial charge on any atom is -0.497 e. The van der Waals surface area contributed by atoms with E-state index < -0.39 is 0 Å². The van der Waals surface area contributed by atoms with Gasteiger partial charge in [0.1, 0.15) is 5.75 Å². The third-order valence-corrected chi connectivity index (χ3v) is 4.98. The molecule has 1 N–H and O–H groups in total. The Kier molecular flexibility index (Phi) is 5.49. The number of amides is 1. The van der Waals surface area contributed by atoms with Crippen LogP contribution in [0.25, 0.3) is 10.9 Å². The molecule has 0 aliphatic carbocycles. The van der Waals surface area contributed by atoms with Gasteiger partial charge in [0.05, 0.1) is 25.4 Å². The molecule has 1 heterocycles. The van der Waals surface area contributed by atoms with Gasteiger partial charge in [-0.25, -0.2) is 0 Å². The zero-order valence-corrected chi connectivity index (χ0v) is 16.7. The predicted octanol–water partition coefficient (Wildman–Crippen LogP) is 4.68. The third kappa shape index (κ3) is 4.41. The van der Waals surface area contributed by atoms with E-state index in [-0.39, 0.29) is 5.91 Å². The lowest BCUT2D eigenvalue weighted by molar-refractivity contribution is 0.0951. The van der Waals surface area contributed by atoms with Crippen molar-refractivity contribution < 1.29 is 9.53 Å². The summed E-state index contributed by atoms with van der Waals surface area (Å²) in [5.41, 5.74) is 3.56. The molecule has 1 amide bonds. The topological polar surface area (TPSA) is 56.1 Å². The summed E-state index contributed by atoms with van der Waals surface area (Å²) in [5.74, 6) is 0.664. The highest BCUT2D eigenvalue weighted by molar-refractivity contribution is 6.30. The minimum absolute atomic E-state index is 0.127. The molecule has 4 rings (SSSR count). The minimum atomic E-state index is -0.127. The summed E-state index contributed by atoms with van der Waals surface area (Å²) in [6.07, 6.45) is 1.80. The lowest BCUT2D eigenvalue weighted by atomic mass is 10.1. The van der Waals surface area contributed by atoms with Gasteiger partial charge in [0, 0.05) is 22.5 Å². The number of ether oxygens (including phenoxy) is 1. The number of halogens is 1. The Bertz CT molecular complexity index is 1150. The Hall–Kier alpha value is -3.31. The molecule has 0 saturated carbocycles. The summed E-state index contributed by atoms with van der Waals surface area (Å²) in [6, 6.07) is 20.9. The Labute approximate surface area is 173 Å². The molecule has 0 aliphatic rings. The van der Waals surface area contributed by atoms with Crippen molar-refractivity contribution >= 4 is 28.4 Å². The first-order valence-corrected chi connectivity index (χ1v) is 9.61. The molecule has 0 aliphatic heterocycles. The van der Waals surface area contributed by atoms with E-state index in [1.807, 2.05) is 71.4 Å². The zero-order valence-electron chi connectivity index (χ0n) is 15.9. The normalized spacial score (nSPS) is 10.8. The highest BCUT2D eigenvalue weighted by Crippen LogP contribution is 2.19. The van der Waals surface area contributed by atoms with Gasteiger partial charge in [0.15, 0.2) is 0 Å². The van der Waals surface area contributed by atoms with Crippen molar-refractivity contribution in [2.45, 2.75) is 13.1 Å². The average Bonchev–Trinajstić information content (AvgIpc) is 3.14. The van der Waals surface area contributed by atoms with Crippen molar-refractivity contribution in [3.63, 3.8) is 0 Å². The second kappa shape index (κ2) is 8.37. The fourth-order valence-corrected chi connectivity index (χ4v) is 3.39. The molecular weight excluding hydrogens is 386 g/mol. The largest absolute Gasteiger partial charge is 0.497 e. The molecule has 0 atom stereocenters. The van der Waals surface area contributed by atoms with Crippen molar-refractivity contribution in [2.75, 3.05) is 7.11 Å². The quantitative estimate of drug-likeness (QED) is 0.507. The van der Waals surface area contributed by atoms with Crippen LogP contribution < -0.4 is 10.1 Å². The van der Waals surface area contributed by atoms with Gasteiger partial charge in [-0.2, -0.15) is 5.10 Å². The molecule has 3 aromatic carbocycles. The van der Waals surface area contributed by atoms with E-state index in [1.54, 1.807) is 13.3 Å². The van der Waals surface area contributed by atoms with Gasteiger partial charge in [-0.1, -0.05) is 41.9 Å². The summed E-state index contributed by atoms with van der Waals surface area (Å²) in [4.78, 5) is 12.6. The summed E-state index contributed by atoms with van der Waals surface area (Å²) >= 11 is 6.08. The van der Waals surface area contributed by atoms with E-state index in [2.05, 4.69) is 10.4 Å². The molecule has 4 aromatic rings. The number of aromatic nitrogens is 2. The molecule has 146 valence electrons. The van der Waals surface area contributed by atoms with E-state index in [0.717, 1.165) is 27.8 Å². The average molecular weight is 406 g/mol. The molecule has 5 nitrogen and oxygen atoms in total. The van der Waals surface area contributed by atoms with E-state index in [0.29, 0.717) is 23.7 Å². The van der Waals surface area contributed by atoms with Gasteiger partial charge < -0.3 is 10.1 Å².